The van der Waals surface area contributed by atoms with Gasteiger partial charge in [-0.05, 0) is 23.8 Å². The van der Waals surface area contributed by atoms with Crippen LogP contribution in [-0.4, -0.2) is 40.9 Å². The van der Waals surface area contributed by atoms with Crippen LogP contribution in [-0.2, 0) is 4.79 Å². The van der Waals surface area contributed by atoms with Crippen LogP contribution in [0.2, 0.25) is 0 Å². The Hall–Kier alpha value is -3.15. The van der Waals surface area contributed by atoms with E-state index in [1.54, 1.807) is 17.0 Å². The Bertz CT molecular complexity index is 804. The molecule has 128 valence electrons. The van der Waals surface area contributed by atoms with E-state index in [1.807, 2.05) is 30.3 Å². The molecule has 1 atom stereocenters. The van der Waals surface area contributed by atoms with E-state index >= 15 is 0 Å². The number of nitrogens with zero attached hydrogens (tertiary/aromatic N) is 1. The Morgan fingerprint density at radius 2 is 1.76 bits per heavy atom. The minimum absolute atomic E-state index is 0.0612. The monoisotopic (exact) mass is 338 g/mol. The molecule has 1 saturated heterocycles. The molecule has 6 nitrogen and oxygen atoms in total. The van der Waals surface area contributed by atoms with Crippen LogP contribution in [0.15, 0.2) is 54.6 Å². The number of rotatable bonds is 3. The fourth-order valence-corrected chi connectivity index (χ4v) is 3.00. The zero-order valence-electron chi connectivity index (χ0n) is 13.5. The van der Waals surface area contributed by atoms with Gasteiger partial charge in [0.05, 0.1) is 18.0 Å². The normalized spacial score (nSPS) is 17.5. The molecule has 0 radical (unpaired) electrons. The average Bonchev–Trinajstić information content (AvgIpc) is 2.83. The number of nitrogens with one attached hydrogen (secondary N) is 1. The van der Waals surface area contributed by atoms with Crippen molar-refractivity contribution in [1.29, 1.82) is 0 Å². The van der Waals surface area contributed by atoms with Gasteiger partial charge in [-0.25, -0.2) is 4.79 Å². The van der Waals surface area contributed by atoms with Crippen LogP contribution in [0, 0.1) is 0 Å². The van der Waals surface area contributed by atoms with E-state index in [9.17, 15) is 14.4 Å². The van der Waals surface area contributed by atoms with Gasteiger partial charge < -0.3 is 15.3 Å². The zero-order chi connectivity index (χ0) is 17.8. The second kappa shape index (κ2) is 7.17. The minimum Gasteiger partial charge on any atom is -0.478 e. The van der Waals surface area contributed by atoms with Gasteiger partial charge in [0.15, 0.2) is 0 Å². The third kappa shape index (κ3) is 3.68. The van der Waals surface area contributed by atoms with Crippen LogP contribution in [0.1, 0.15) is 38.7 Å². The standard InChI is InChI=1S/C19H18N2O4/c22-17-12-16(13-5-2-1-3-6-13)21(10-9-20-17)18(23)14-7-4-8-15(11-14)19(24)25/h1-8,11,16H,9-10,12H2,(H,20,22)(H,24,25)/t16-/m0/s1. The molecular formula is C19H18N2O4. The van der Waals surface area contributed by atoms with Crippen LogP contribution in [0.5, 0.6) is 0 Å². The Kier molecular flexibility index (Phi) is 4.79. The van der Waals surface area contributed by atoms with Crippen molar-refractivity contribution in [3.8, 4) is 0 Å². The summed E-state index contributed by atoms with van der Waals surface area (Å²) in [6.07, 6.45) is 0.175. The summed E-state index contributed by atoms with van der Waals surface area (Å²) in [4.78, 5) is 37.8. The number of hydrogen-bond acceptors (Lipinski definition) is 3. The summed E-state index contributed by atoms with van der Waals surface area (Å²) in [7, 11) is 0. The van der Waals surface area contributed by atoms with E-state index in [1.165, 1.54) is 12.1 Å². The number of benzene rings is 2. The molecule has 2 aromatic rings. The number of carboxylic acid groups (broad SMARTS) is 1. The fraction of sp³-hybridized carbons (Fsp3) is 0.211. The third-order valence-corrected chi connectivity index (χ3v) is 4.23. The molecule has 0 bridgehead atoms. The summed E-state index contributed by atoms with van der Waals surface area (Å²) < 4.78 is 0. The number of carbonyl (C=O) groups is 3. The largest absolute Gasteiger partial charge is 0.478 e. The lowest BCUT2D eigenvalue weighted by atomic mass is 10.0. The van der Waals surface area contributed by atoms with Gasteiger partial charge in [-0.1, -0.05) is 36.4 Å². The lowest BCUT2D eigenvalue weighted by molar-refractivity contribution is -0.121. The minimum atomic E-state index is -1.08. The number of carbonyl (C=O) groups excluding carboxylic acids is 2. The predicted octanol–water partition coefficient (Wildman–Crippen LogP) is 2.09. The maximum absolute atomic E-state index is 13.0. The van der Waals surface area contributed by atoms with Crippen molar-refractivity contribution < 1.29 is 19.5 Å². The Morgan fingerprint density at radius 1 is 1.04 bits per heavy atom. The maximum Gasteiger partial charge on any atom is 0.335 e. The first-order valence-electron chi connectivity index (χ1n) is 8.02. The molecule has 0 unspecified atom stereocenters. The smallest absolute Gasteiger partial charge is 0.335 e. The second-order valence-corrected chi connectivity index (χ2v) is 5.87. The van der Waals surface area contributed by atoms with Crippen LogP contribution >= 0.6 is 0 Å². The van der Waals surface area contributed by atoms with Crippen LogP contribution in [0.3, 0.4) is 0 Å². The van der Waals surface area contributed by atoms with Gasteiger partial charge in [0.2, 0.25) is 5.91 Å². The highest BCUT2D eigenvalue weighted by Crippen LogP contribution is 2.27. The quantitative estimate of drug-likeness (QED) is 0.897. The third-order valence-electron chi connectivity index (χ3n) is 4.23. The summed E-state index contributed by atoms with van der Waals surface area (Å²) >= 11 is 0. The first-order chi connectivity index (χ1) is 12.1. The molecule has 3 rings (SSSR count). The molecule has 25 heavy (non-hydrogen) atoms. The lowest BCUT2D eigenvalue weighted by Gasteiger charge is -2.29. The van der Waals surface area contributed by atoms with Gasteiger partial charge in [0, 0.05) is 18.7 Å². The highest BCUT2D eigenvalue weighted by Gasteiger charge is 2.30. The van der Waals surface area contributed by atoms with Crippen molar-refractivity contribution in [2.24, 2.45) is 0 Å². The number of aromatic carboxylic acids is 1. The molecule has 0 saturated carbocycles. The lowest BCUT2D eigenvalue weighted by Crippen LogP contribution is -2.36. The molecule has 0 aromatic heterocycles. The van der Waals surface area contributed by atoms with Gasteiger partial charge in [-0.15, -0.1) is 0 Å². The summed E-state index contributed by atoms with van der Waals surface area (Å²) in [5, 5.41) is 11.9. The Morgan fingerprint density at radius 3 is 2.48 bits per heavy atom. The highest BCUT2D eigenvalue weighted by atomic mass is 16.4. The Labute approximate surface area is 145 Å². The Balaban J connectivity index is 1.96. The van der Waals surface area contributed by atoms with Crippen LogP contribution in [0.4, 0.5) is 0 Å². The first-order valence-corrected chi connectivity index (χ1v) is 8.02. The van der Waals surface area contributed by atoms with E-state index in [4.69, 9.17) is 5.11 Å². The SMILES string of the molecule is O=C1C[C@@H](c2ccccc2)N(C(=O)c2cccc(C(=O)O)c2)CCN1. The predicted molar refractivity (Wildman–Crippen MR) is 91.2 cm³/mol. The fourth-order valence-electron chi connectivity index (χ4n) is 3.00. The van der Waals surface area contributed by atoms with Gasteiger partial charge in [-0.2, -0.15) is 0 Å². The van der Waals surface area contributed by atoms with Gasteiger partial charge in [0.25, 0.3) is 5.91 Å². The molecule has 1 heterocycles. The second-order valence-electron chi connectivity index (χ2n) is 5.87. The van der Waals surface area contributed by atoms with Crippen molar-refractivity contribution in [3.63, 3.8) is 0 Å². The molecule has 2 N–H and O–H groups in total. The van der Waals surface area contributed by atoms with Crippen LogP contribution < -0.4 is 5.32 Å². The molecular weight excluding hydrogens is 320 g/mol. The van der Waals surface area contributed by atoms with Crippen LogP contribution in [0.25, 0.3) is 0 Å². The molecule has 0 spiro atoms. The topological polar surface area (TPSA) is 86.7 Å². The van der Waals surface area contributed by atoms with Crippen molar-refractivity contribution >= 4 is 17.8 Å². The van der Waals surface area contributed by atoms with E-state index in [0.717, 1.165) is 5.56 Å². The number of amides is 2. The number of hydrogen-bond donors (Lipinski definition) is 2. The van der Waals surface area contributed by atoms with Crippen molar-refractivity contribution in [2.45, 2.75) is 12.5 Å². The van der Waals surface area contributed by atoms with Crippen molar-refractivity contribution in [1.82, 2.24) is 10.2 Å². The molecule has 6 heteroatoms. The molecule has 1 aliphatic heterocycles. The molecule has 2 aromatic carbocycles. The molecule has 0 aliphatic carbocycles. The molecule has 2 amide bonds. The molecule has 1 aliphatic rings. The van der Waals surface area contributed by atoms with Gasteiger partial charge in [-0.3, -0.25) is 9.59 Å². The maximum atomic E-state index is 13.0. The van der Waals surface area contributed by atoms with Gasteiger partial charge in [0.1, 0.15) is 0 Å². The van der Waals surface area contributed by atoms with Crippen molar-refractivity contribution in [3.05, 3.63) is 71.3 Å². The van der Waals surface area contributed by atoms with Crippen molar-refractivity contribution in [2.75, 3.05) is 13.1 Å². The van der Waals surface area contributed by atoms with Gasteiger partial charge >= 0.3 is 5.97 Å². The summed E-state index contributed by atoms with van der Waals surface area (Å²) in [5.41, 5.74) is 1.24. The highest BCUT2D eigenvalue weighted by molar-refractivity contribution is 5.98. The van der Waals surface area contributed by atoms with E-state index in [2.05, 4.69) is 5.32 Å². The summed E-state index contributed by atoms with van der Waals surface area (Å²) in [6, 6.07) is 15.0. The zero-order valence-corrected chi connectivity index (χ0v) is 13.5. The number of carboxylic acids is 1. The molecule has 1 fully saturated rings. The van der Waals surface area contributed by atoms with E-state index in [-0.39, 0.29) is 29.8 Å². The average molecular weight is 338 g/mol. The van der Waals surface area contributed by atoms with E-state index < -0.39 is 5.97 Å². The van der Waals surface area contributed by atoms with E-state index in [0.29, 0.717) is 18.7 Å². The summed E-state index contributed by atoms with van der Waals surface area (Å²) in [6.45, 7) is 0.730. The first kappa shape index (κ1) is 16.7. The summed E-state index contributed by atoms with van der Waals surface area (Å²) in [5.74, 6) is -1.47.